The van der Waals surface area contributed by atoms with Gasteiger partial charge in [-0.3, -0.25) is 0 Å². The van der Waals surface area contributed by atoms with Crippen LogP contribution in [0.4, 0.5) is 0 Å². The van der Waals surface area contributed by atoms with Gasteiger partial charge in [0.25, 0.3) is 0 Å². The molecule has 0 bridgehead atoms. The molecular weight excluding hydrogens is 234 g/mol. The lowest BCUT2D eigenvalue weighted by atomic mass is 10.3. The summed E-state index contributed by atoms with van der Waals surface area (Å²) in [6.07, 6.45) is 4.02. The van der Waals surface area contributed by atoms with Gasteiger partial charge >= 0.3 is 0 Å². The topological polar surface area (TPSA) is 56.5 Å². The lowest BCUT2D eigenvalue weighted by Crippen LogP contribution is -2.03. The summed E-state index contributed by atoms with van der Waals surface area (Å²) in [5.41, 5.74) is 1.01. The van der Waals surface area contributed by atoms with Gasteiger partial charge in [0.1, 0.15) is 12.7 Å². The van der Waals surface area contributed by atoms with E-state index >= 15 is 0 Å². The minimum atomic E-state index is 0.266. The number of fused-ring (bicyclic) bond motifs is 1. The van der Waals surface area contributed by atoms with Crippen molar-refractivity contribution in [2.75, 3.05) is 5.75 Å². The van der Waals surface area contributed by atoms with E-state index in [4.69, 9.17) is 11.6 Å². The first-order chi connectivity index (χ1) is 7.34. The van der Waals surface area contributed by atoms with Crippen LogP contribution in [-0.4, -0.2) is 30.5 Å². The van der Waals surface area contributed by atoms with Crippen molar-refractivity contribution in [3.8, 4) is 5.82 Å². The van der Waals surface area contributed by atoms with Crippen molar-refractivity contribution in [3.05, 3.63) is 23.6 Å². The molecule has 0 aromatic carbocycles. The monoisotopic (exact) mass is 239 g/mol. The van der Waals surface area contributed by atoms with Crippen LogP contribution in [0.5, 0.6) is 0 Å². The summed E-state index contributed by atoms with van der Waals surface area (Å²) < 4.78 is 1.62. The van der Waals surface area contributed by atoms with Crippen LogP contribution in [0, 0.1) is 0 Å². The smallest absolute Gasteiger partial charge is 0.223 e. The van der Waals surface area contributed by atoms with E-state index in [2.05, 4.69) is 20.1 Å². The third-order valence-corrected chi connectivity index (χ3v) is 3.40. The highest BCUT2D eigenvalue weighted by atomic mass is 35.5. The van der Waals surface area contributed by atoms with Gasteiger partial charge < -0.3 is 0 Å². The maximum Gasteiger partial charge on any atom is 0.224 e. The molecule has 76 valence electrons. The minimum absolute atomic E-state index is 0.266. The maximum atomic E-state index is 5.85. The molecule has 3 rings (SSSR count). The second-order valence-corrected chi connectivity index (χ2v) is 4.47. The lowest BCUT2D eigenvalue weighted by molar-refractivity contribution is 0.801. The average molecular weight is 240 g/mol. The first-order valence-corrected chi connectivity index (χ1v) is 5.75. The standard InChI is InChI=1S/C8H6ClN5S/c9-8-12-5-1-2-15-6(5)7(13-8)14-4-10-3-11-14/h3-4H,1-2H2. The Labute approximate surface area is 94.9 Å². The summed E-state index contributed by atoms with van der Waals surface area (Å²) in [6, 6.07) is 0. The summed E-state index contributed by atoms with van der Waals surface area (Å²) >= 11 is 7.58. The zero-order chi connectivity index (χ0) is 10.3. The van der Waals surface area contributed by atoms with Gasteiger partial charge in [-0.2, -0.15) is 10.1 Å². The van der Waals surface area contributed by atoms with Crippen molar-refractivity contribution in [2.24, 2.45) is 0 Å². The second-order valence-electron chi connectivity index (χ2n) is 3.03. The molecule has 0 N–H and O–H groups in total. The summed E-state index contributed by atoms with van der Waals surface area (Å²) in [7, 11) is 0. The Morgan fingerprint density at radius 1 is 1.40 bits per heavy atom. The van der Waals surface area contributed by atoms with Crippen LogP contribution in [0.3, 0.4) is 0 Å². The van der Waals surface area contributed by atoms with Crippen LogP contribution in [0.1, 0.15) is 5.69 Å². The number of thioether (sulfide) groups is 1. The van der Waals surface area contributed by atoms with E-state index in [0.717, 1.165) is 28.6 Å². The van der Waals surface area contributed by atoms with Crippen LogP contribution >= 0.6 is 23.4 Å². The number of rotatable bonds is 1. The van der Waals surface area contributed by atoms with E-state index in [-0.39, 0.29) is 5.28 Å². The number of aromatic nitrogens is 5. The molecule has 3 heterocycles. The predicted octanol–water partition coefficient (Wildman–Crippen LogP) is 1.36. The molecular formula is C8H6ClN5S. The molecule has 0 fully saturated rings. The van der Waals surface area contributed by atoms with Crippen molar-refractivity contribution in [3.63, 3.8) is 0 Å². The highest BCUT2D eigenvalue weighted by Gasteiger charge is 2.20. The van der Waals surface area contributed by atoms with Crippen LogP contribution in [0.25, 0.3) is 5.82 Å². The average Bonchev–Trinajstić information content (AvgIpc) is 2.86. The van der Waals surface area contributed by atoms with Crippen LogP contribution in [-0.2, 0) is 6.42 Å². The third kappa shape index (κ3) is 1.49. The largest absolute Gasteiger partial charge is 0.224 e. The highest BCUT2D eigenvalue weighted by Crippen LogP contribution is 2.34. The molecule has 5 nitrogen and oxygen atoms in total. The van der Waals surface area contributed by atoms with Gasteiger partial charge in [-0.1, -0.05) is 0 Å². The first kappa shape index (κ1) is 9.11. The minimum Gasteiger partial charge on any atom is -0.223 e. The van der Waals surface area contributed by atoms with E-state index < -0.39 is 0 Å². The molecule has 0 spiro atoms. The van der Waals surface area contributed by atoms with E-state index in [1.807, 2.05) is 0 Å². The van der Waals surface area contributed by atoms with Crippen molar-refractivity contribution in [2.45, 2.75) is 11.3 Å². The van der Waals surface area contributed by atoms with Gasteiger partial charge in [-0.25, -0.2) is 14.6 Å². The Morgan fingerprint density at radius 3 is 3.13 bits per heavy atom. The van der Waals surface area contributed by atoms with Gasteiger partial charge in [0, 0.05) is 12.2 Å². The number of hydrogen-bond acceptors (Lipinski definition) is 5. The highest BCUT2D eigenvalue weighted by molar-refractivity contribution is 7.99. The third-order valence-electron chi connectivity index (χ3n) is 2.11. The molecule has 2 aromatic heterocycles. The van der Waals surface area contributed by atoms with Gasteiger partial charge in [-0.05, 0) is 11.6 Å². The zero-order valence-electron chi connectivity index (χ0n) is 7.59. The molecule has 1 aliphatic heterocycles. The summed E-state index contributed by atoms with van der Waals surface area (Å²) in [4.78, 5) is 13.3. The summed E-state index contributed by atoms with van der Waals surface area (Å²) in [5, 5.41) is 4.31. The molecule has 0 aliphatic carbocycles. The van der Waals surface area contributed by atoms with E-state index in [1.165, 1.54) is 6.33 Å². The Kier molecular flexibility index (Phi) is 2.10. The first-order valence-electron chi connectivity index (χ1n) is 4.39. The van der Waals surface area contributed by atoms with Gasteiger partial charge in [-0.15, -0.1) is 11.8 Å². The van der Waals surface area contributed by atoms with Crippen molar-refractivity contribution < 1.29 is 0 Å². The Morgan fingerprint density at radius 2 is 2.33 bits per heavy atom. The fourth-order valence-electron chi connectivity index (χ4n) is 1.49. The van der Waals surface area contributed by atoms with Crippen LogP contribution in [0.15, 0.2) is 17.6 Å². The molecule has 15 heavy (non-hydrogen) atoms. The van der Waals surface area contributed by atoms with E-state index in [9.17, 15) is 0 Å². The number of aryl methyl sites for hydroxylation is 1. The van der Waals surface area contributed by atoms with Crippen molar-refractivity contribution in [1.82, 2.24) is 24.7 Å². The Hall–Kier alpha value is -1.14. The van der Waals surface area contributed by atoms with Gasteiger partial charge in [0.15, 0.2) is 5.82 Å². The number of hydrogen-bond donors (Lipinski definition) is 0. The molecule has 2 aromatic rings. The number of nitrogens with zero attached hydrogens (tertiary/aromatic N) is 5. The Balaban J connectivity index is 2.23. The van der Waals surface area contributed by atoms with Gasteiger partial charge in [0.2, 0.25) is 5.28 Å². The molecule has 0 amide bonds. The molecule has 7 heteroatoms. The van der Waals surface area contributed by atoms with Crippen LogP contribution in [0.2, 0.25) is 5.28 Å². The summed E-state index contributed by atoms with van der Waals surface area (Å²) in [5.74, 6) is 1.75. The van der Waals surface area contributed by atoms with Crippen molar-refractivity contribution in [1.29, 1.82) is 0 Å². The zero-order valence-corrected chi connectivity index (χ0v) is 9.16. The number of halogens is 1. The maximum absolute atomic E-state index is 5.85. The summed E-state index contributed by atoms with van der Waals surface area (Å²) in [6.45, 7) is 0. The quantitative estimate of drug-likeness (QED) is 0.704. The van der Waals surface area contributed by atoms with Crippen molar-refractivity contribution >= 4 is 23.4 Å². The van der Waals surface area contributed by atoms with Crippen LogP contribution < -0.4 is 0 Å². The molecule has 0 unspecified atom stereocenters. The second kappa shape index (κ2) is 3.46. The molecule has 0 saturated heterocycles. The fraction of sp³-hybridized carbons (Fsp3) is 0.250. The van der Waals surface area contributed by atoms with Gasteiger partial charge in [0.05, 0.1) is 10.6 Å². The molecule has 0 atom stereocenters. The van der Waals surface area contributed by atoms with E-state index in [0.29, 0.717) is 0 Å². The fourth-order valence-corrected chi connectivity index (χ4v) is 2.76. The van der Waals surface area contributed by atoms with E-state index in [1.54, 1.807) is 22.8 Å². The molecule has 0 saturated carbocycles. The Bertz CT molecular complexity index is 498. The SMILES string of the molecule is Clc1nc2c(c(-n3cncn3)n1)SCC2. The predicted molar refractivity (Wildman–Crippen MR) is 56.4 cm³/mol. The molecule has 1 aliphatic rings. The molecule has 0 radical (unpaired) electrons. The normalized spacial score (nSPS) is 14.2. The lowest BCUT2D eigenvalue weighted by Gasteiger charge is -2.05.